The van der Waals surface area contributed by atoms with Crippen LogP contribution in [-0.2, 0) is 14.3 Å². The van der Waals surface area contributed by atoms with Gasteiger partial charge in [0.2, 0.25) is 0 Å². The number of nitrogens with zero attached hydrogens (tertiary/aromatic N) is 1. The number of carbonyl (C=O) groups excluding carboxylic acids is 2. The van der Waals surface area contributed by atoms with Gasteiger partial charge in [-0.15, -0.1) is 0 Å². The molecule has 1 heterocycles. The second-order valence-electron chi connectivity index (χ2n) is 4.91. The minimum atomic E-state index is -1.72. The van der Waals surface area contributed by atoms with Gasteiger partial charge in [-0.2, -0.15) is 0 Å². The molecule has 1 N–H and O–H groups in total. The van der Waals surface area contributed by atoms with Crippen molar-refractivity contribution in [3.8, 4) is 5.88 Å². The molecule has 0 saturated heterocycles. The van der Waals surface area contributed by atoms with Crippen molar-refractivity contribution in [1.29, 1.82) is 0 Å². The summed E-state index contributed by atoms with van der Waals surface area (Å²) in [5.74, 6) is -5.96. The highest BCUT2D eigenvalue weighted by molar-refractivity contribution is 5.95. The van der Waals surface area contributed by atoms with E-state index >= 15 is 0 Å². The summed E-state index contributed by atoms with van der Waals surface area (Å²) in [6.45, 7) is 2.30. The standard InChI is InChI=1S/C15H13F3N2O5/c1-7-5-11(20-25-7)23-6-12(21)24-8(2)15(22)19-10-4-3-9(16)13(17)14(10)18/h3-5,8H,6H2,1-2H3,(H,19,22)/t8-/m1/s1. The van der Waals surface area contributed by atoms with Crippen LogP contribution in [0.25, 0.3) is 0 Å². The van der Waals surface area contributed by atoms with Crippen LogP contribution in [0.5, 0.6) is 5.88 Å². The maximum Gasteiger partial charge on any atom is 0.345 e. The molecular formula is C15H13F3N2O5. The fraction of sp³-hybridized carbons (Fsp3) is 0.267. The molecule has 10 heteroatoms. The van der Waals surface area contributed by atoms with Crippen molar-refractivity contribution in [2.75, 3.05) is 11.9 Å². The van der Waals surface area contributed by atoms with E-state index in [-0.39, 0.29) is 5.88 Å². The number of esters is 1. The maximum absolute atomic E-state index is 13.5. The van der Waals surface area contributed by atoms with Crippen molar-refractivity contribution in [2.24, 2.45) is 0 Å². The lowest BCUT2D eigenvalue weighted by molar-refractivity contribution is -0.155. The molecule has 0 fully saturated rings. The van der Waals surface area contributed by atoms with Crippen molar-refractivity contribution in [2.45, 2.75) is 20.0 Å². The summed E-state index contributed by atoms with van der Waals surface area (Å²) >= 11 is 0. The van der Waals surface area contributed by atoms with Gasteiger partial charge in [0.25, 0.3) is 11.8 Å². The monoisotopic (exact) mass is 358 g/mol. The van der Waals surface area contributed by atoms with Crippen molar-refractivity contribution >= 4 is 17.6 Å². The summed E-state index contributed by atoms with van der Waals surface area (Å²) in [5, 5.41) is 5.49. The molecule has 0 aliphatic heterocycles. The van der Waals surface area contributed by atoms with E-state index in [4.69, 9.17) is 14.0 Å². The second-order valence-corrected chi connectivity index (χ2v) is 4.91. The summed E-state index contributed by atoms with van der Waals surface area (Å²) in [6.07, 6.45) is -1.33. The van der Waals surface area contributed by atoms with Gasteiger partial charge in [0, 0.05) is 6.07 Å². The van der Waals surface area contributed by atoms with Gasteiger partial charge in [0.15, 0.2) is 30.2 Å². The van der Waals surface area contributed by atoms with E-state index in [9.17, 15) is 22.8 Å². The molecule has 7 nitrogen and oxygen atoms in total. The van der Waals surface area contributed by atoms with Gasteiger partial charge in [0.1, 0.15) is 5.76 Å². The van der Waals surface area contributed by atoms with Crippen molar-refractivity contribution in [3.63, 3.8) is 0 Å². The molecule has 2 aromatic rings. The van der Waals surface area contributed by atoms with Crippen LogP contribution >= 0.6 is 0 Å². The molecule has 25 heavy (non-hydrogen) atoms. The molecule has 1 atom stereocenters. The molecule has 1 amide bonds. The lowest BCUT2D eigenvalue weighted by Crippen LogP contribution is -2.32. The quantitative estimate of drug-likeness (QED) is 0.630. The normalized spacial score (nSPS) is 11.7. The predicted molar refractivity (Wildman–Crippen MR) is 77.2 cm³/mol. The predicted octanol–water partition coefficient (Wildman–Crippen LogP) is 2.35. The topological polar surface area (TPSA) is 90.7 Å². The molecule has 0 unspecified atom stereocenters. The number of rotatable bonds is 6. The van der Waals surface area contributed by atoms with Gasteiger partial charge < -0.3 is 19.3 Å². The Bertz CT molecular complexity index is 793. The van der Waals surface area contributed by atoms with Crippen LogP contribution in [-0.4, -0.2) is 29.7 Å². The largest absolute Gasteiger partial charge is 0.463 e. The average Bonchev–Trinajstić information content (AvgIpc) is 2.98. The first-order chi connectivity index (χ1) is 11.8. The lowest BCUT2D eigenvalue weighted by atomic mass is 10.2. The number of carbonyl (C=O) groups is 2. The molecule has 1 aromatic carbocycles. The molecule has 1 aromatic heterocycles. The van der Waals surface area contributed by atoms with Crippen LogP contribution < -0.4 is 10.1 Å². The molecule has 0 aliphatic carbocycles. The van der Waals surface area contributed by atoms with Crippen LogP contribution in [0.3, 0.4) is 0 Å². The van der Waals surface area contributed by atoms with Crippen LogP contribution in [0.2, 0.25) is 0 Å². The fourth-order valence-corrected chi connectivity index (χ4v) is 1.69. The van der Waals surface area contributed by atoms with E-state index in [0.29, 0.717) is 11.8 Å². The van der Waals surface area contributed by atoms with Gasteiger partial charge in [-0.3, -0.25) is 4.79 Å². The Hall–Kier alpha value is -3.04. The van der Waals surface area contributed by atoms with Gasteiger partial charge in [-0.25, -0.2) is 18.0 Å². The van der Waals surface area contributed by atoms with Crippen LogP contribution in [0.1, 0.15) is 12.7 Å². The van der Waals surface area contributed by atoms with Crippen molar-refractivity contribution in [1.82, 2.24) is 5.16 Å². The number of benzene rings is 1. The Morgan fingerprint density at radius 1 is 1.28 bits per heavy atom. The summed E-state index contributed by atoms with van der Waals surface area (Å²) in [7, 11) is 0. The maximum atomic E-state index is 13.5. The zero-order chi connectivity index (χ0) is 18.6. The van der Waals surface area contributed by atoms with E-state index in [1.165, 1.54) is 13.0 Å². The highest BCUT2D eigenvalue weighted by atomic mass is 19.2. The zero-order valence-electron chi connectivity index (χ0n) is 13.1. The number of aryl methyl sites for hydroxylation is 1. The number of nitrogens with one attached hydrogen (secondary N) is 1. The number of ether oxygens (including phenoxy) is 2. The van der Waals surface area contributed by atoms with Gasteiger partial charge in [-0.1, -0.05) is 0 Å². The molecular weight excluding hydrogens is 345 g/mol. The molecule has 0 radical (unpaired) electrons. The minimum absolute atomic E-state index is 0.0652. The Morgan fingerprint density at radius 3 is 2.64 bits per heavy atom. The lowest BCUT2D eigenvalue weighted by Gasteiger charge is -2.14. The average molecular weight is 358 g/mol. The SMILES string of the molecule is Cc1cc(OCC(=O)O[C@H](C)C(=O)Nc2ccc(F)c(F)c2F)no1. The van der Waals surface area contributed by atoms with Crippen LogP contribution in [0.15, 0.2) is 22.7 Å². The number of hydrogen-bond donors (Lipinski definition) is 1. The van der Waals surface area contributed by atoms with Crippen LogP contribution in [0.4, 0.5) is 18.9 Å². The van der Waals surface area contributed by atoms with E-state index in [0.717, 1.165) is 6.07 Å². The second kappa shape index (κ2) is 7.69. The number of hydrogen-bond acceptors (Lipinski definition) is 6. The van der Waals surface area contributed by atoms with Crippen molar-refractivity contribution < 1.29 is 36.8 Å². The molecule has 0 spiro atoms. The number of aromatic nitrogens is 1. The van der Waals surface area contributed by atoms with E-state index in [1.54, 1.807) is 6.92 Å². The number of amides is 1. The first-order valence-electron chi connectivity index (χ1n) is 6.98. The first-order valence-corrected chi connectivity index (χ1v) is 6.98. The van der Waals surface area contributed by atoms with E-state index in [2.05, 4.69) is 5.16 Å². The first kappa shape index (κ1) is 18.3. The summed E-state index contributed by atoms with van der Waals surface area (Å²) in [6, 6.07) is 2.93. The zero-order valence-corrected chi connectivity index (χ0v) is 13.1. The van der Waals surface area contributed by atoms with E-state index in [1.807, 2.05) is 5.32 Å². The molecule has 0 aliphatic rings. The number of halogens is 3. The third-order valence-corrected chi connectivity index (χ3v) is 2.91. The smallest absolute Gasteiger partial charge is 0.345 e. The van der Waals surface area contributed by atoms with Crippen LogP contribution in [0, 0.1) is 24.4 Å². The number of anilines is 1. The molecule has 0 bridgehead atoms. The summed E-state index contributed by atoms with van der Waals surface area (Å²) < 4.78 is 53.9. The minimum Gasteiger partial charge on any atom is -0.463 e. The van der Waals surface area contributed by atoms with Crippen molar-refractivity contribution in [3.05, 3.63) is 41.4 Å². The summed E-state index contributed by atoms with van der Waals surface area (Å²) in [4.78, 5) is 23.4. The Kier molecular flexibility index (Phi) is 5.63. The fourth-order valence-electron chi connectivity index (χ4n) is 1.69. The summed E-state index contributed by atoms with van der Waals surface area (Å²) in [5.41, 5.74) is -0.582. The third-order valence-electron chi connectivity index (χ3n) is 2.91. The highest BCUT2D eigenvalue weighted by Crippen LogP contribution is 2.20. The Labute approximate surface area is 139 Å². The molecule has 2 rings (SSSR count). The van der Waals surface area contributed by atoms with Gasteiger partial charge >= 0.3 is 5.97 Å². The van der Waals surface area contributed by atoms with Gasteiger partial charge in [-0.05, 0) is 31.1 Å². The molecule has 0 saturated carbocycles. The highest BCUT2D eigenvalue weighted by Gasteiger charge is 2.21. The third kappa shape index (κ3) is 4.72. The van der Waals surface area contributed by atoms with E-state index < -0.39 is 47.7 Å². The van der Waals surface area contributed by atoms with Gasteiger partial charge in [0.05, 0.1) is 5.69 Å². The molecule has 134 valence electrons. The Balaban J connectivity index is 1.87. The Morgan fingerprint density at radius 2 is 2.00 bits per heavy atom.